The minimum Gasteiger partial charge on any atom is -0.354 e. The van der Waals surface area contributed by atoms with E-state index in [1.807, 2.05) is 0 Å². The molecule has 0 spiro atoms. The van der Waals surface area contributed by atoms with E-state index in [1.165, 1.54) is 30.1 Å². The smallest absolute Gasteiger partial charge is 0.354 e. The van der Waals surface area contributed by atoms with E-state index in [1.54, 1.807) is 24.4 Å². The number of anilines is 1. The molecule has 4 rings (SSSR count). The number of nitrogens with one attached hydrogen (secondary N) is 1. The highest BCUT2D eigenvalue weighted by Crippen LogP contribution is 2.36. The van der Waals surface area contributed by atoms with Crippen LogP contribution in [0.3, 0.4) is 0 Å². The Labute approximate surface area is 191 Å². The number of rotatable bonds is 5. The largest absolute Gasteiger partial charge is 0.416 e. The minimum atomic E-state index is -4.73. The Bertz CT molecular complexity index is 1260. The van der Waals surface area contributed by atoms with Gasteiger partial charge in [0, 0.05) is 18.5 Å². The maximum absolute atomic E-state index is 13.4. The van der Waals surface area contributed by atoms with Crippen molar-refractivity contribution >= 4 is 25.1 Å². The van der Waals surface area contributed by atoms with E-state index in [0.717, 1.165) is 12.1 Å². The highest BCUT2D eigenvalue weighted by atomic mass is 32.1. The summed E-state index contributed by atoms with van der Waals surface area (Å²) in [5.74, 6) is -1.28. The number of alkyl halides is 3. The van der Waals surface area contributed by atoms with Crippen molar-refractivity contribution in [3.63, 3.8) is 0 Å². The Morgan fingerprint density at radius 2 is 1.97 bits per heavy atom. The van der Waals surface area contributed by atoms with Crippen LogP contribution in [0.2, 0.25) is 0 Å². The van der Waals surface area contributed by atoms with Crippen molar-refractivity contribution < 1.29 is 26.9 Å². The van der Waals surface area contributed by atoms with E-state index >= 15 is 0 Å². The van der Waals surface area contributed by atoms with Gasteiger partial charge in [0.1, 0.15) is 11.5 Å². The van der Waals surface area contributed by atoms with Crippen LogP contribution in [0.25, 0.3) is 11.5 Å². The van der Waals surface area contributed by atoms with Gasteiger partial charge in [-0.2, -0.15) is 31.8 Å². The molecular formula is C21H17F4N5O2S. The summed E-state index contributed by atoms with van der Waals surface area (Å²) in [6, 6.07) is 8.19. The van der Waals surface area contributed by atoms with Crippen LogP contribution in [0, 0.1) is 5.82 Å². The predicted octanol–water partition coefficient (Wildman–Crippen LogP) is 5.07. The molecule has 3 aromatic heterocycles. The maximum atomic E-state index is 13.4. The lowest BCUT2D eigenvalue weighted by molar-refractivity contribution is -0.138. The van der Waals surface area contributed by atoms with Gasteiger partial charge in [0.15, 0.2) is 11.5 Å². The van der Waals surface area contributed by atoms with Crippen LogP contribution in [0.1, 0.15) is 34.6 Å². The molecule has 172 valence electrons. The molecular weight excluding hydrogens is 462 g/mol. The molecule has 3 heterocycles. The zero-order valence-electron chi connectivity index (χ0n) is 17.0. The second-order valence-corrected chi connectivity index (χ2v) is 6.86. The summed E-state index contributed by atoms with van der Waals surface area (Å²) in [7, 11) is 0. The molecule has 1 atom stereocenters. The lowest BCUT2D eigenvalue weighted by Gasteiger charge is -2.18. The Balaban J connectivity index is 0.00000306. The van der Waals surface area contributed by atoms with Crippen molar-refractivity contribution in [2.45, 2.75) is 19.1 Å². The third kappa shape index (κ3) is 5.22. The molecule has 0 bridgehead atoms. The Morgan fingerprint density at radius 1 is 1.18 bits per heavy atom. The topological polar surface area (TPSA) is 85.8 Å². The number of hydrogen-bond donors (Lipinski definition) is 1. The predicted molar refractivity (Wildman–Crippen MR) is 116 cm³/mol. The number of amides is 1. The van der Waals surface area contributed by atoms with Gasteiger partial charge in [-0.05, 0) is 36.8 Å². The van der Waals surface area contributed by atoms with Crippen molar-refractivity contribution in [3.05, 3.63) is 83.7 Å². The van der Waals surface area contributed by atoms with Gasteiger partial charge in [0.25, 0.3) is 5.91 Å². The zero-order valence-corrected chi connectivity index (χ0v) is 18.0. The third-order valence-electron chi connectivity index (χ3n) is 4.69. The third-order valence-corrected chi connectivity index (χ3v) is 4.69. The quantitative estimate of drug-likeness (QED) is 0.404. The molecule has 0 aliphatic carbocycles. The normalized spacial score (nSPS) is 12.2. The standard InChI is InChI=1S/C21H15F4N5O2.H2S/c1-12(15-6-5-13(22)8-16(15)21(23,24)25)30-11-14(10-27-30)28-20(31)18-9-19(32-29-18)17-4-2-3-7-26-17;/h2-12H,1H3,(H,28,31);1H2/t12-;/m0./s1. The van der Waals surface area contributed by atoms with Gasteiger partial charge >= 0.3 is 6.18 Å². The number of carbonyl (C=O) groups excluding carboxylic acids is 1. The fraction of sp³-hybridized carbons (Fsp3) is 0.143. The van der Waals surface area contributed by atoms with Gasteiger partial charge in [0.2, 0.25) is 0 Å². The molecule has 7 nitrogen and oxygen atoms in total. The lowest BCUT2D eigenvalue weighted by atomic mass is 10.0. The number of carbonyl (C=O) groups is 1. The molecule has 1 N–H and O–H groups in total. The van der Waals surface area contributed by atoms with Crippen LogP contribution in [-0.4, -0.2) is 25.8 Å². The summed E-state index contributed by atoms with van der Waals surface area (Å²) in [5.41, 5.74) is -0.517. The minimum absolute atomic E-state index is 0. The number of hydrogen-bond acceptors (Lipinski definition) is 5. The molecule has 0 aliphatic heterocycles. The first-order chi connectivity index (χ1) is 15.2. The fourth-order valence-electron chi connectivity index (χ4n) is 3.10. The van der Waals surface area contributed by atoms with Gasteiger partial charge in [-0.3, -0.25) is 14.5 Å². The summed E-state index contributed by atoms with van der Waals surface area (Å²) >= 11 is 0. The first-order valence-electron chi connectivity index (χ1n) is 9.32. The van der Waals surface area contributed by atoms with Gasteiger partial charge in [0.05, 0.1) is 23.5 Å². The fourth-order valence-corrected chi connectivity index (χ4v) is 3.10. The second-order valence-electron chi connectivity index (χ2n) is 6.86. The molecule has 12 heteroatoms. The van der Waals surface area contributed by atoms with Gasteiger partial charge in [-0.25, -0.2) is 4.39 Å². The van der Waals surface area contributed by atoms with Crippen molar-refractivity contribution in [2.75, 3.05) is 5.32 Å². The van der Waals surface area contributed by atoms with E-state index in [9.17, 15) is 22.4 Å². The first-order valence-corrected chi connectivity index (χ1v) is 9.32. The van der Waals surface area contributed by atoms with E-state index < -0.39 is 29.5 Å². The van der Waals surface area contributed by atoms with E-state index in [-0.39, 0.29) is 30.4 Å². The SMILES string of the molecule is C[C@@H](c1ccc(F)cc1C(F)(F)F)n1cc(NC(=O)c2cc(-c3ccccn3)on2)cn1.S. The zero-order chi connectivity index (χ0) is 22.9. The van der Waals surface area contributed by atoms with Crippen LogP contribution in [0.5, 0.6) is 0 Å². The summed E-state index contributed by atoms with van der Waals surface area (Å²) in [5, 5.41) is 10.3. The number of aromatic nitrogens is 4. The number of nitrogens with zero attached hydrogens (tertiary/aromatic N) is 4. The molecule has 0 unspecified atom stereocenters. The van der Waals surface area contributed by atoms with E-state index in [2.05, 4.69) is 20.6 Å². The summed E-state index contributed by atoms with van der Waals surface area (Å²) in [6.45, 7) is 1.48. The van der Waals surface area contributed by atoms with Gasteiger partial charge in [-0.1, -0.05) is 17.3 Å². The highest BCUT2D eigenvalue weighted by molar-refractivity contribution is 7.59. The van der Waals surface area contributed by atoms with Crippen molar-refractivity contribution in [1.29, 1.82) is 0 Å². The highest BCUT2D eigenvalue weighted by Gasteiger charge is 2.35. The van der Waals surface area contributed by atoms with Crippen molar-refractivity contribution in [2.24, 2.45) is 0 Å². The maximum Gasteiger partial charge on any atom is 0.416 e. The average molecular weight is 479 g/mol. The Hall–Kier alpha value is -3.67. The monoisotopic (exact) mass is 479 g/mol. The lowest BCUT2D eigenvalue weighted by Crippen LogP contribution is -2.16. The van der Waals surface area contributed by atoms with Crippen LogP contribution < -0.4 is 5.32 Å². The molecule has 33 heavy (non-hydrogen) atoms. The average Bonchev–Trinajstić information content (AvgIpc) is 3.43. The van der Waals surface area contributed by atoms with Gasteiger partial charge < -0.3 is 9.84 Å². The molecule has 4 aromatic rings. The van der Waals surface area contributed by atoms with Crippen molar-refractivity contribution in [3.8, 4) is 11.5 Å². The summed E-state index contributed by atoms with van der Waals surface area (Å²) in [4.78, 5) is 16.6. The Morgan fingerprint density at radius 3 is 2.67 bits per heavy atom. The second kappa shape index (κ2) is 9.45. The summed E-state index contributed by atoms with van der Waals surface area (Å²) < 4.78 is 59.7. The molecule has 1 aromatic carbocycles. The number of pyridine rings is 1. The van der Waals surface area contributed by atoms with Crippen LogP contribution >= 0.6 is 13.5 Å². The molecule has 0 fully saturated rings. The number of benzene rings is 1. The first kappa shape index (κ1) is 24.0. The van der Waals surface area contributed by atoms with E-state index in [0.29, 0.717) is 17.5 Å². The molecule has 0 radical (unpaired) electrons. The van der Waals surface area contributed by atoms with Gasteiger partial charge in [-0.15, -0.1) is 0 Å². The molecule has 0 saturated heterocycles. The summed E-state index contributed by atoms with van der Waals surface area (Å²) in [6.07, 6.45) is -0.511. The molecule has 0 saturated carbocycles. The molecule has 0 aliphatic rings. The van der Waals surface area contributed by atoms with Crippen LogP contribution in [0.15, 0.2) is 65.6 Å². The van der Waals surface area contributed by atoms with Crippen LogP contribution in [0.4, 0.5) is 23.2 Å². The number of halogens is 4. The molecule has 1 amide bonds. The van der Waals surface area contributed by atoms with Crippen molar-refractivity contribution in [1.82, 2.24) is 19.9 Å². The van der Waals surface area contributed by atoms with E-state index in [4.69, 9.17) is 4.52 Å². The Kier molecular flexibility index (Phi) is 6.86. The van der Waals surface area contributed by atoms with Crippen LogP contribution in [-0.2, 0) is 6.18 Å².